The summed E-state index contributed by atoms with van der Waals surface area (Å²) in [6, 6.07) is 4.93. The standard InChI is InChI=1S/C13H17ClN2O2/c1-15-10-3-2-6-16(8-10)13(18)9-4-5-12(17)11(14)7-9/h4-5,7,10,15,17H,2-3,6,8H2,1H3. The zero-order valence-corrected chi connectivity index (χ0v) is 11.1. The summed E-state index contributed by atoms with van der Waals surface area (Å²) in [6.07, 6.45) is 2.10. The van der Waals surface area contributed by atoms with Gasteiger partial charge in [0.1, 0.15) is 5.75 Å². The van der Waals surface area contributed by atoms with E-state index >= 15 is 0 Å². The number of rotatable bonds is 2. The first-order chi connectivity index (χ1) is 8.61. The SMILES string of the molecule is CNC1CCCN(C(=O)c2ccc(O)c(Cl)c2)C1. The Morgan fingerprint density at radius 3 is 3.00 bits per heavy atom. The fraction of sp³-hybridized carbons (Fsp3) is 0.462. The minimum Gasteiger partial charge on any atom is -0.506 e. The molecule has 1 aliphatic heterocycles. The van der Waals surface area contributed by atoms with Gasteiger partial charge < -0.3 is 15.3 Å². The number of hydrogen-bond donors (Lipinski definition) is 2. The first kappa shape index (κ1) is 13.2. The molecule has 4 nitrogen and oxygen atoms in total. The molecule has 1 aromatic carbocycles. The van der Waals surface area contributed by atoms with Crippen molar-refractivity contribution in [1.82, 2.24) is 10.2 Å². The van der Waals surface area contributed by atoms with E-state index in [0.29, 0.717) is 18.2 Å². The molecule has 0 aliphatic carbocycles. The van der Waals surface area contributed by atoms with E-state index in [9.17, 15) is 9.90 Å². The molecule has 1 saturated heterocycles. The highest BCUT2D eigenvalue weighted by molar-refractivity contribution is 6.32. The summed E-state index contributed by atoms with van der Waals surface area (Å²) in [7, 11) is 1.91. The summed E-state index contributed by atoms with van der Waals surface area (Å²) < 4.78 is 0. The third kappa shape index (κ3) is 2.76. The number of nitrogens with one attached hydrogen (secondary N) is 1. The Balaban J connectivity index is 2.12. The van der Waals surface area contributed by atoms with Crippen LogP contribution in [0.25, 0.3) is 0 Å². The summed E-state index contributed by atoms with van der Waals surface area (Å²) in [5.41, 5.74) is 0.523. The van der Waals surface area contributed by atoms with Crippen LogP contribution in [0.1, 0.15) is 23.2 Å². The predicted octanol–water partition coefficient (Wildman–Crippen LogP) is 1.87. The van der Waals surface area contributed by atoms with E-state index < -0.39 is 0 Å². The first-order valence-corrected chi connectivity index (χ1v) is 6.44. The molecule has 2 N–H and O–H groups in total. The number of likely N-dealkylation sites (tertiary alicyclic amines) is 1. The molecule has 1 aromatic rings. The third-order valence-electron chi connectivity index (χ3n) is 3.31. The van der Waals surface area contributed by atoms with Gasteiger partial charge in [0, 0.05) is 24.7 Å². The Morgan fingerprint density at radius 1 is 1.56 bits per heavy atom. The van der Waals surface area contributed by atoms with E-state index in [1.54, 1.807) is 6.07 Å². The Morgan fingerprint density at radius 2 is 2.33 bits per heavy atom. The molecule has 0 spiro atoms. The molecule has 5 heteroatoms. The molecule has 1 atom stereocenters. The van der Waals surface area contributed by atoms with Crippen LogP contribution >= 0.6 is 11.6 Å². The molecule has 1 aliphatic rings. The minimum absolute atomic E-state index is 0.0000350. The van der Waals surface area contributed by atoms with Gasteiger partial charge in [0.05, 0.1) is 5.02 Å². The van der Waals surface area contributed by atoms with Crippen LogP contribution in [-0.2, 0) is 0 Å². The van der Waals surface area contributed by atoms with Crippen molar-refractivity contribution in [3.05, 3.63) is 28.8 Å². The number of amides is 1. The average Bonchev–Trinajstić information content (AvgIpc) is 2.41. The van der Waals surface area contributed by atoms with Gasteiger partial charge in [-0.15, -0.1) is 0 Å². The van der Waals surface area contributed by atoms with Gasteiger partial charge in [0.15, 0.2) is 0 Å². The molecule has 0 saturated carbocycles. The Labute approximate surface area is 112 Å². The molecule has 2 rings (SSSR count). The average molecular weight is 269 g/mol. The number of likely N-dealkylation sites (N-methyl/N-ethyl adjacent to an activating group) is 1. The van der Waals surface area contributed by atoms with Gasteiger partial charge in [0.2, 0.25) is 0 Å². The van der Waals surface area contributed by atoms with E-state index in [1.165, 1.54) is 12.1 Å². The van der Waals surface area contributed by atoms with Crippen molar-refractivity contribution in [2.24, 2.45) is 0 Å². The molecule has 18 heavy (non-hydrogen) atoms. The van der Waals surface area contributed by atoms with Gasteiger partial charge in [-0.25, -0.2) is 0 Å². The summed E-state index contributed by atoms with van der Waals surface area (Å²) in [6.45, 7) is 1.49. The fourth-order valence-electron chi connectivity index (χ4n) is 2.22. The van der Waals surface area contributed by atoms with Gasteiger partial charge in [0.25, 0.3) is 5.91 Å². The first-order valence-electron chi connectivity index (χ1n) is 6.07. The number of piperidine rings is 1. The van der Waals surface area contributed by atoms with Crippen LogP contribution in [0.3, 0.4) is 0 Å². The zero-order chi connectivity index (χ0) is 13.1. The number of carbonyl (C=O) groups is 1. The summed E-state index contributed by atoms with van der Waals surface area (Å²) >= 11 is 5.82. The van der Waals surface area contributed by atoms with Gasteiger partial charge in [-0.2, -0.15) is 0 Å². The number of hydrogen-bond acceptors (Lipinski definition) is 3. The number of aromatic hydroxyl groups is 1. The third-order valence-corrected chi connectivity index (χ3v) is 3.61. The molecule has 1 fully saturated rings. The lowest BCUT2D eigenvalue weighted by atomic mass is 10.0. The van der Waals surface area contributed by atoms with Crippen LogP contribution in [0.2, 0.25) is 5.02 Å². The highest BCUT2D eigenvalue weighted by atomic mass is 35.5. The van der Waals surface area contributed by atoms with Crippen molar-refractivity contribution in [2.75, 3.05) is 20.1 Å². The Hall–Kier alpha value is -1.26. The number of phenolic OH excluding ortho intramolecular Hbond substituents is 1. The second-order valence-electron chi connectivity index (χ2n) is 4.55. The Kier molecular flexibility index (Phi) is 4.09. The van der Waals surface area contributed by atoms with Crippen molar-refractivity contribution in [2.45, 2.75) is 18.9 Å². The van der Waals surface area contributed by atoms with Gasteiger partial charge >= 0.3 is 0 Å². The lowest BCUT2D eigenvalue weighted by molar-refractivity contribution is 0.0698. The lowest BCUT2D eigenvalue weighted by Gasteiger charge is -2.32. The van der Waals surface area contributed by atoms with E-state index in [4.69, 9.17) is 11.6 Å². The van der Waals surface area contributed by atoms with Crippen LogP contribution in [0.15, 0.2) is 18.2 Å². The maximum absolute atomic E-state index is 12.3. The van der Waals surface area contributed by atoms with E-state index in [0.717, 1.165) is 19.4 Å². The maximum Gasteiger partial charge on any atom is 0.253 e. The van der Waals surface area contributed by atoms with Crippen molar-refractivity contribution < 1.29 is 9.90 Å². The van der Waals surface area contributed by atoms with E-state index in [1.807, 2.05) is 11.9 Å². The summed E-state index contributed by atoms with van der Waals surface area (Å²) in [5, 5.41) is 12.8. The van der Waals surface area contributed by atoms with Crippen molar-refractivity contribution >= 4 is 17.5 Å². The maximum atomic E-state index is 12.3. The number of phenols is 1. The number of benzene rings is 1. The van der Waals surface area contributed by atoms with Gasteiger partial charge in [-0.1, -0.05) is 11.6 Å². The molecule has 1 amide bonds. The molecule has 1 heterocycles. The second-order valence-corrected chi connectivity index (χ2v) is 4.95. The molecule has 0 aromatic heterocycles. The van der Waals surface area contributed by atoms with Gasteiger partial charge in [-0.3, -0.25) is 4.79 Å². The van der Waals surface area contributed by atoms with Crippen LogP contribution in [0, 0.1) is 0 Å². The normalized spacial score (nSPS) is 19.9. The van der Waals surface area contributed by atoms with Crippen LogP contribution in [0.5, 0.6) is 5.75 Å². The summed E-state index contributed by atoms with van der Waals surface area (Å²) in [5.74, 6) is -0.0307. The number of nitrogens with zero attached hydrogens (tertiary/aromatic N) is 1. The van der Waals surface area contributed by atoms with E-state index in [-0.39, 0.29) is 16.7 Å². The van der Waals surface area contributed by atoms with E-state index in [2.05, 4.69) is 5.32 Å². The molecular weight excluding hydrogens is 252 g/mol. The molecule has 1 unspecified atom stereocenters. The monoisotopic (exact) mass is 268 g/mol. The second kappa shape index (κ2) is 5.59. The molecule has 0 radical (unpaired) electrons. The molecule has 98 valence electrons. The topological polar surface area (TPSA) is 52.6 Å². The zero-order valence-electron chi connectivity index (χ0n) is 10.3. The summed E-state index contributed by atoms with van der Waals surface area (Å²) in [4.78, 5) is 14.1. The smallest absolute Gasteiger partial charge is 0.253 e. The largest absolute Gasteiger partial charge is 0.506 e. The van der Waals surface area contributed by atoms with Crippen LogP contribution in [-0.4, -0.2) is 42.1 Å². The highest BCUT2D eigenvalue weighted by Gasteiger charge is 2.23. The quantitative estimate of drug-likeness (QED) is 0.861. The number of halogens is 1. The number of carbonyl (C=O) groups excluding carboxylic acids is 1. The molecule has 0 bridgehead atoms. The molecular formula is C13H17ClN2O2. The van der Waals surface area contributed by atoms with Crippen molar-refractivity contribution in [3.63, 3.8) is 0 Å². The van der Waals surface area contributed by atoms with Crippen molar-refractivity contribution in [1.29, 1.82) is 0 Å². The minimum atomic E-state index is -0.0307. The van der Waals surface area contributed by atoms with Crippen LogP contribution < -0.4 is 5.32 Å². The predicted molar refractivity (Wildman–Crippen MR) is 71.1 cm³/mol. The highest BCUT2D eigenvalue weighted by Crippen LogP contribution is 2.24. The fourth-order valence-corrected chi connectivity index (χ4v) is 2.40. The van der Waals surface area contributed by atoms with Gasteiger partial charge in [-0.05, 0) is 38.1 Å². The van der Waals surface area contributed by atoms with Crippen LogP contribution in [0.4, 0.5) is 0 Å². The van der Waals surface area contributed by atoms with Crippen molar-refractivity contribution in [3.8, 4) is 5.75 Å². The Bertz CT molecular complexity index is 451. The lowest BCUT2D eigenvalue weighted by Crippen LogP contribution is -2.46.